The molecule has 0 radical (unpaired) electrons. The second-order valence-corrected chi connectivity index (χ2v) is 13.6. The lowest BCUT2D eigenvalue weighted by Gasteiger charge is -2.20. The SMILES string of the molecule is CC.CC.CC(C)/C=C/C(C)C.CC(C)/C=C/C1=CC(=C/C(C)C)/CCC1.CC1=C(/C=C/C(C)C)CCC/C1=C\C(C)C. The minimum atomic E-state index is 0.653. The Morgan fingerprint density at radius 1 is 0.488 bits per heavy atom. The molecular formula is C43H78. The molecule has 0 aromatic carbocycles. The van der Waals surface area contributed by atoms with Crippen molar-refractivity contribution in [1.29, 1.82) is 0 Å². The van der Waals surface area contributed by atoms with Crippen molar-refractivity contribution in [1.82, 2.24) is 0 Å². The maximum atomic E-state index is 2.43. The summed E-state index contributed by atoms with van der Waals surface area (Å²) < 4.78 is 0. The van der Waals surface area contributed by atoms with Gasteiger partial charge in [-0.15, -0.1) is 0 Å². The third-order valence-electron chi connectivity index (χ3n) is 6.50. The lowest BCUT2D eigenvalue weighted by molar-refractivity contribution is 0.745. The van der Waals surface area contributed by atoms with E-state index in [2.05, 4.69) is 145 Å². The first-order valence-electron chi connectivity index (χ1n) is 18.1. The van der Waals surface area contributed by atoms with E-state index in [1.54, 1.807) is 11.1 Å². The lowest BCUT2D eigenvalue weighted by Crippen LogP contribution is -2.01. The van der Waals surface area contributed by atoms with Gasteiger partial charge in [0.1, 0.15) is 0 Å². The van der Waals surface area contributed by atoms with E-state index < -0.39 is 0 Å². The van der Waals surface area contributed by atoms with Gasteiger partial charge in [0, 0.05) is 0 Å². The van der Waals surface area contributed by atoms with Crippen LogP contribution in [0.15, 0.2) is 82.5 Å². The number of hydrogen-bond donors (Lipinski definition) is 0. The fourth-order valence-electron chi connectivity index (χ4n) is 4.51. The molecule has 0 saturated carbocycles. The maximum absolute atomic E-state index is 2.43. The molecule has 2 aliphatic rings. The zero-order valence-corrected chi connectivity index (χ0v) is 32.4. The highest BCUT2D eigenvalue weighted by atomic mass is 14.2. The van der Waals surface area contributed by atoms with Crippen molar-refractivity contribution in [2.45, 2.75) is 156 Å². The van der Waals surface area contributed by atoms with Crippen LogP contribution in [0.2, 0.25) is 0 Å². The van der Waals surface area contributed by atoms with Gasteiger partial charge in [0.2, 0.25) is 0 Å². The van der Waals surface area contributed by atoms with Crippen molar-refractivity contribution in [3.05, 3.63) is 82.5 Å². The van der Waals surface area contributed by atoms with Crippen molar-refractivity contribution in [2.75, 3.05) is 0 Å². The summed E-state index contributed by atoms with van der Waals surface area (Å²) in [5.41, 5.74) is 7.68. The zero-order chi connectivity index (χ0) is 34.0. The van der Waals surface area contributed by atoms with Crippen LogP contribution in [0.3, 0.4) is 0 Å². The molecule has 0 nitrogen and oxygen atoms in total. The van der Waals surface area contributed by atoms with Gasteiger partial charge in [-0.2, -0.15) is 0 Å². The molecule has 0 spiro atoms. The predicted octanol–water partition coefficient (Wildman–Crippen LogP) is 15.1. The summed E-state index contributed by atoms with van der Waals surface area (Å²) in [4.78, 5) is 0. The van der Waals surface area contributed by atoms with Gasteiger partial charge in [0.15, 0.2) is 0 Å². The standard InChI is InChI=1S/C16H26.C15H24.C8H16.2C2H6/c1-12(2)9-10-15-7-6-8-16(14(15)5)11-13(3)4;1-12(2)8-9-14-6-5-7-15(11-14)10-13(3)4;1-7(2)5-6-8(3)4;2*1-2/h9-13H,6-8H2,1-5H3;8-13H,5-7H2,1-4H3;5-8H,1-4H3;2*1-2H3/b10-9+,16-11+;9-8+,15-10+;6-5+;;. The van der Waals surface area contributed by atoms with Crippen LogP contribution >= 0.6 is 0 Å². The minimum absolute atomic E-state index is 0.653. The summed E-state index contributed by atoms with van der Waals surface area (Å²) in [6.45, 7) is 37.0. The van der Waals surface area contributed by atoms with Gasteiger partial charge < -0.3 is 0 Å². The Bertz CT molecular complexity index is 859. The second kappa shape index (κ2) is 28.9. The first-order valence-corrected chi connectivity index (χ1v) is 18.1. The molecule has 0 bridgehead atoms. The average Bonchev–Trinajstić information content (AvgIpc) is 2.94. The molecule has 43 heavy (non-hydrogen) atoms. The highest BCUT2D eigenvalue weighted by molar-refractivity contribution is 5.41. The number of rotatable bonds is 8. The van der Waals surface area contributed by atoms with Crippen LogP contribution in [-0.4, -0.2) is 0 Å². The smallest absolute Gasteiger partial charge is 0.0273 e. The van der Waals surface area contributed by atoms with Gasteiger partial charge in [-0.1, -0.05) is 171 Å². The average molecular weight is 595 g/mol. The molecule has 2 aliphatic carbocycles. The van der Waals surface area contributed by atoms with Crippen molar-refractivity contribution >= 4 is 0 Å². The Morgan fingerprint density at radius 3 is 1.37 bits per heavy atom. The highest BCUT2D eigenvalue weighted by Crippen LogP contribution is 2.31. The maximum Gasteiger partial charge on any atom is -0.0273 e. The molecule has 0 aliphatic heterocycles. The van der Waals surface area contributed by atoms with Crippen LogP contribution in [0.5, 0.6) is 0 Å². The molecule has 0 heterocycles. The molecule has 0 amide bonds. The highest BCUT2D eigenvalue weighted by Gasteiger charge is 2.12. The molecule has 0 atom stereocenters. The molecule has 2 rings (SSSR count). The quantitative estimate of drug-likeness (QED) is 0.245. The minimum Gasteiger partial charge on any atom is -0.0857 e. The molecule has 0 heteroatoms. The van der Waals surface area contributed by atoms with Gasteiger partial charge in [0.25, 0.3) is 0 Å². The van der Waals surface area contributed by atoms with E-state index in [9.17, 15) is 0 Å². The van der Waals surface area contributed by atoms with Crippen LogP contribution < -0.4 is 0 Å². The number of hydrogen-bond acceptors (Lipinski definition) is 0. The first-order chi connectivity index (χ1) is 20.2. The fourth-order valence-corrected chi connectivity index (χ4v) is 4.51. The molecular weight excluding hydrogens is 516 g/mol. The fraction of sp³-hybridized carbons (Fsp3) is 0.674. The third kappa shape index (κ3) is 28.7. The predicted molar refractivity (Wildman–Crippen MR) is 204 cm³/mol. The Hall–Kier alpha value is -1.82. The normalized spacial score (nSPS) is 17.5. The van der Waals surface area contributed by atoms with Gasteiger partial charge in [-0.25, -0.2) is 0 Å². The van der Waals surface area contributed by atoms with Gasteiger partial charge in [-0.3, -0.25) is 0 Å². The van der Waals surface area contributed by atoms with E-state index in [0.717, 1.165) is 0 Å². The largest absolute Gasteiger partial charge is 0.0857 e. The van der Waals surface area contributed by atoms with Crippen LogP contribution in [0.4, 0.5) is 0 Å². The molecule has 0 aromatic heterocycles. The molecule has 0 fully saturated rings. The van der Waals surface area contributed by atoms with E-state index in [1.807, 2.05) is 27.7 Å². The Labute approximate surface area is 273 Å². The van der Waals surface area contributed by atoms with E-state index in [-0.39, 0.29) is 0 Å². The van der Waals surface area contributed by atoms with Crippen LogP contribution in [0.25, 0.3) is 0 Å². The topological polar surface area (TPSA) is 0 Å². The van der Waals surface area contributed by atoms with E-state index >= 15 is 0 Å². The van der Waals surface area contributed by atoms with Crippen molar-refractivity contribution in [3.8, 4) is 0 Å². The van der Waals surface area contributed by atoms with E-state index in [1.165, 1.54) is 55.2 Å². The van der Waals surface area contributed by atoms with Crippen molar-refractivity contribution in [3.63, 3.8) is 0 Å². The van der Waals surface area contributed by atoms with Gasteiger partial charge >= 0.3 is 0 Å². The van der Waals surface area contributed by atoms with E-state index in [0.29, 0.717) is 35.5 Å². The van der Waals surface area contributed by atoms with E-state index in [4.69, 9.17) is 0 Å². The van der Waals surface area contributed by atoms with Crippen LogP contribution in [0.1, 0.15) is 156 Å². The third-order valence-corrected chi connectivity index (χ3v) is 6.50. The number of allylic oxidation sites excluding steroid dienone is 14. The monoisotopic (exact) mass is 595 g/mol. The summed E-state index contributed by atoms with van der Waals surface area (Å²) in [5.74, 6) is 4.06. The lowest BCUT2D eigenvalue weighted by atomic mass is 9.86. The summed E-state index contributed by atoms with van der Waals surface area (Å²) in [5, 5.41) is 0. The summed E-state index contributed by atoms with van der Waals surface area (Å²) in [6.07, 6.45) is 28.6. The first kappa shape index (κ1) is 45.6. The Kier molecular flexibility index (Phi) is 30.7. The van der Waals surface area contributed by atoms with Crippen LogP contribution in [-0.2, 0) is 0 Å². The zero-order valence-electron chi connectivity index (χ0n) is 32.4. The Morgan fingerprint density at radius 2 is 0.930 bits per heavy atom. The summed E-state index contributed by atoms with van der Waals surface area (Å²) in [6, 6.07) is 0. The van der Waals surface area contributed by atoms with Gasteiger partial charge in [-0.05, 0) is 103 Å². The molecule has 0 N–H and O–H groups in total. The Balaban J connectivity index is -0.000000551. The summed E-state index contributed by atoms with van der Waals surface area (Å²) in [7, 11) is 0. The van der Waals surface area contributed by atoms with Gasteiger partial charge in [0.05, 0.1) is 0 Å². The molecule has 0 saturated heterocycles. The van der Waals surface area contributed by atoms with Crippen LogP contribution in [0, 0.1) is 35.5 Å². The second-order valence-electron chi connectivity index (χ2n) is 13.6. The summed E-state index contributed by atoms with van der Waals surface area (Å²) >= 11 is 0. The molecule has 0 unspecified atom stereocenters. The molecule has 0 aromatic rings. The van der Waals surface area contributed by atoms with Crippen molar-refractivity contribution < 1.29 is 0 Å². The molecule has 250 valence electrons. The van der Waals surface area contributed by atoms with Crippen molar-refractivity contribution in [2.24, 2.45) is 35.5 Å².